The number of aliphatic imine (C=N–C) groups is 1. The van der Waals surface area contributed by atoms with Gasteiger partial charge >= 0.3 is 7.12 Å². The van der Waals surface area contributed by atoms with E-state index < -0.39 is 13.2 Å². The molecule has 15 heteroatoms. The number of carbonyl (C=O) groups is 2. The Morgan fingerprint density at radius 3 is 2.40 bits per heavy atom. The van der Waals surface area contributed by atoms with Crippen molar-refractivity contribution < 1.29 is 33.8 Å². The highest BCUT2D eigenvalue weighted by molar-refractivity contribution is 6.58. The molecule has 0 aromatic heterocycles. The molecule has 0 spiro atoms. The third kappa shape index (κ3) is 8.91. The lowest BCUT2D eigenvalue weighted by molar-refractivity contribution is -0.121. The SMILES string of the molecule is COc1ccc2c(c1)C(c1ccc(Cl)cc1)=NC(CC(=O)NCCOCCOCCNC(=O)c1cccc(B(O)O)c1)C1NNC(C)N21. The van der Waals surface area contributed by atoms with E-state index in [1.54, 1.807) is 19.2 Å². The third-order valence-electron chi connectivity index (χ3n) is 7.99. The van der Waals surface area contributed by atoms with E-state index in [1.165, 1.54) is 12.1 Å². The van der Waals surface area contributed by atoms with Crippen LogP contribution in [0, 0.1) is 0 Å². The Bertz CT molecular complexity index is 1590. The molecule has 13 nitrogen and oxygen atoms in total. The fourth-order valence-corrected chi connectivity index (χ4v) is 5.74. The predicted molar refractivity (Wildman–Crippen MR) is 184 cm³/mol. The van der Waals surface area contributed by atoms with Crippen LogP contribution in [-0.2, 0) is 14.3 Å². The summed E-state index contributed by atoms with van der Waals surface area (Å²) < 4.78 is 16.7. The number of hydrogen-bond acceptors (Lipinski definition) is 11. The molecule has 0 saturated carbocycles. The van der Waals surface area contributed by atoms with Gasteiger partial charge in [-0.3, -0.25) is 14.6 Å². The Labute approximate surface area is 284 Å². The first-order chi connectivity index (χ1) is 23.2. The zero-order valence-corrected chi connectivity index (χ0v) is 27.6. The minimum Gasteiger partial charge on any atom is -0.497 e. The Kier molecular flexibility index (Phi) is 12.4. The highest BCUT2D eigenvalue weighted by atomic mass is 35.5. The van der Waals surface area contributed by atoms with Gasteiger partial charge in [-0.25, -0.2) is 10.9 Å². The van der Waals surface area contributed by atoms with Crippen molar-refractivity contribution in [1.82, 2.24) is 21.5 Å². The number of fused-ring (bicyclic) bond motifs is 3. The van der Waals surface area contributed by atoms with E-state index in [9.17, 15) is 19.6 Å². The molecule has 0 aliphatic carbocycles. The maximum Gasteiger partial charge on any atom is 0.488 e. The quantitative estimate of drug-likeness (QED) is 0.100. The van der Waals surface area contributed by atoms with Crippen molar-refractivity contribution in [2.75, 3.05) is 51.5 Å². The van der Waals surface area contributed by atoms with Gasteiger partial charge in [-0.05, 0) is 54.9 Å². The van der Waals surface area contributed by atoms with Gasteiger partial charge in [-0.15, -0.1) is 0 Å². The van der Waals surface area contributed by atoms with Gasteiger partial charge in [0.25, 0.3) is 5.91 Å². The van der Waals surface area contributed by atoms with Crippen LogP contribution in [0.25, 0.3) is 0 Å². The topological polar surface area (TPSA) is 166 Å². The summed E-state index contributed by atoms with van der Waals surface area (Å²) in [5.41, 5.74) is 10.7. The average molecular weight is 679 g/mol. The van der Waals surface area contributed by atoms with E-state index in [2.05, 4.69) is 26.4 Å². The first kappa shape index (κ1) is 35.3. The molecule has 2 heterocycles. The van der Waals surface area contributed by atoms with Gasteiger partial charge in [0.15, 0.2) is 0 Å². The van der Waals surface area contributed by atoms with E-state index in [-0.39, 0.29) is 49.2 Å². The maximum atomic E-state index is 13.1. The number of hydrogen-bond donors (Lipinski definition) is 6. The minimum atomic E-state index is -1.64. The second-order valence-electron chi connectivity index (χ2n) is 11.3. The monoisotopic (exact) mass is 678 g/mol. The van der Waals surface area contributed by atoms with Crippen LogP contribution in [0.5, 0.6) is 5.75 Å². The molecule has 3 aromatic rings. The zero-order chi connectivity index (χ0) is 34.0. The summed E-state index contributed by atoms with van der Waals surface area (Å²) in [6.45, 7) is 3.89. The van der Waals surface area contributed by atoms with Crippen LogP contribution in [0.1, 0.15) is 34.8 Å². The smallest absolute Gasteiger partial charge is 0.488 e. The standard InChI is InChI=1S/C33H40BClN6O7/c1-21-39-40-32-28(38-31(22-6-8-25(35)9-7-22)27-19-26(46-2)10-11-29(27)41(21)32)20-30(42)36-12-14-47-16-17-48-15-13-37-33(43)23-4-3-5-24(18-23)34(44)45/h3-11,18-19,21,28,32,39-40,44-45H,12-17,20H2,1-2H3,(H,36,42)(H,37,43). The Morgan fingerprint density at radius 1 is 0.958 bits per heavy atom. The molecule has 3 atom stereocenters. The molecule has 3 unspecified atom stereocenters. The van der Waals surface area contributed by atoms with Crippen molar-refractivity contribution in [1.29, 1.82) is 0 Å². The molecule has 5 rings (SSSR count). The number of carbonyl (C=O) groups excluding carboxylic acids is 2. The number of halogens is 1. The van der Waals surface area contributed by atoms with Crippen LogP contribution >= 0.6 is 11.6 Å². The molecular formula is C33H40BClN6O7. The highest BCUT2D eigenvalue weighted by Gasteiger charge is 2.40. The van der Waals surface area contributed by atoms with Crippen LogP contribution in [0.4, 0.5) is 5.69 Å². The molecule has 2 aliphatic heterocycles. The lowest BCUT2D eigenvalue weighted by Gasteiger charge is -2.31. The number of rotatable bonds is 15. The van der Waals surface area contributed by atoms with Crippen molar-refractivity contribution >= 4 is 47.4 Å². The van der Waals surface area contributed by atoms with Gasteiger partial charge in [0.2, 0.25) is 5.91 Å². The number of ether oxygens (including phenoxy) is 3. The molecule has 48 heavy (non-hydrogen) atoms. The van der Waals surface area contributed by atoms with Crippen molar-refractivity contribution in [3.05, 3.63) is 88.4 Å². The third-order valence-corrected chi connectivity index (χ3v) is 8.24. The molecule has 0 radical (unpaired) electrons. The average Bonchev–Trinajstić information content (AvgIpc) is 3.42. The predicted octanol–water partition coefficient (Wildman–Crippen LogP) is 0.804. The summed E-state index contributed by atoms with van der Waals surface area (Å²) in [6, 6.07) is 19.1. The lowest BCUT2D eigenvalue weighted by Crippen LogP contribution is -2.48. The van der Waals surface area contributed by atoms with Gasteiger partial charge in [0.05, 0.1) is 57.9 Å². The van der Waals surface area contributed by atoms with Crippen LogP contribution in [0.15, 0.2) is 71.7 Å². The number of amides is 2. The molecular weight excluding hydrogens is 639 g/mol. The summed E-state index contributed by atoms with van der Waals surface area (Å²) >= 11 is 6.19. The first-order valence-electron chi connectivity index (χ1n) is 15.7. The van der Waals surface area contributed by atoms with Gasteiger partial charge in [0, 0.05) is 40.5 Å². The zero-order valence-electron chi connectivity index (χ0n) is 26.8. The van der Waals surface area contributed by atoms with Gasteiger partial charge in [-0.2, -0.15) is 0 Å². The molecule has 3 aromatic carbocycles. The van der Waals surface area contributed by atoms with E-state index in [0.29, 0.717) is 42.7 Å². The summed E-state index contributed by atoms with van der Waals surface area (Å²) in [7, 11) is -0.00975. The van der Waals surface area contributed by atoms with Crippen molar-refractivity contribution in [2.45, 2.75) is 31.7 Å². The fraction of sp³-hybridized carbons (Fsp3) is 0.364. The molecule has 1 saturated heterocycles. The van der Waals surface area contributed by atoms with Gasteiger partial charge in [-0.1, -0.05) is 35.9 Å². The number of nitrogens with zero attached hydrogens (tertiary/aromatic N) is 2. The first-order valence-corrected chi connectivity index (χ1v) is 16.1. The summed E-state index contributed by atoms with van der Waals surface area (Å²) in [6.07, 6.45) is -0.192. The second kappa shape index (κ2) is 16.9. The Hall–Kier alpha value is -4.02. The Balaban J connectivity index is 1.09. The van der Waals surface area contributed by atoms with Crippen LogP contribution in [-0.4, -0.2) is 99.7 Å². The maximum absolute atomic E-state index is 13.1. The molecule has 1 fully saturated rings. The summed E-state index contributed by atoms with van der Waals surface area (Å²) in [5, 5.41) is 24.8. The number of methoxy groups -OCH3 is 1. The minimum absolute atomic E-state index is 0.0571. The van der Waals surface area contributed by atoms with E-state index in [4.69, 9.17) is 30.8 Å². The number of benzene rings is 3. The van der Waals surface area contributed by atoms with Crippen molar-refractivity contribution in [2.24, 2.45) is 4.99 Å². The summed E-state index contributed by atoms with van der Waals surface area (Å²) in [5.74, 6) is 0.214. The lowest BCUT2D eigenvalue weighted by atomic mass is 9.79. The molecule has 6 N–H and O–H groups in total. The van der Waals surface area contributed by atoms with Crippen molar-refractivity contribution in [3.63, 3.8) is 0 Å². The number of nitrogens with one attached hydrogen (secondary N) is 4. The van der Waals surface area contributed by atoms with Crippen LogP contribution in [0.3, 0.4) is 0 Å². The van der Waals surface area contributed by atoms with Crippen LogP contribution in [0.2, 0.25) is 5.02 Å². The van der Waals surface area contributed by atoms with E-state index in [0.717, 1.165) is 22.5 Å². The molecule has 2 amide bonds. The van der Waals surface area contributed by atoms with Gasteiger partial charge < -0.3 is 39.8 Å². The fourth-order valence-electron chi connectivity index (χ4n) is 5.61. The summed E-state index contributed by atoms with van der Waals surface area (Å²) in [4.78, 5) is 32.8. The normalized spacial score (nSPS) is 18.3. The largest absolute Gasteiger partial charge is 0.497 e. The van der Waals surface area contributed by atoms with Gasteiger partial charge in [0.1, 0.15) is 11.9 Å². The Morgan fingerprint density at radius 2 is 1.69 bits per heavy atom. The van der Waals surface area contributed by atoms with E-state index >= 15 is 0 Å². The molecule has 2 aliphatic rings. The van der Waals surface area contributed by atoms with E-state index in [1.807, 2.05) is 49.4 Å². The number of anilines is 1. The second-order valence-corrected chi connectivity index (χ2v) is 11.7. The highest BCUT2D eigenvalue weighted by Crippen LogP contribution is 2.36. The molecule has 0 bridgehead atoms. The van der Waals surface area contributed by atoms with Crippen molar-refractivity contribution in [3.8, 4) is 5.75 Å². The molecule has 254 valence electrons. The van der Waals surface area contributed by atoms with Crippen LogP contribution < -0.4 is 36.6 Å². The number of hydrazine groups is 1.